The summed E-state index contributed by atoms with van der Waals surface area (Å²) in [6.45, 7) is 13.3. The number of rotatable bonds is 4. The second-order valence-corrected chi connectivity index (χ2v) is 10.8. The van der Waals surface area contributed by atoms with Crippen LogP contribution in [-0.2, 0) is 10.8 Å². The topological polar surface area (TPSA) is 9.23 Å². The van der Waals surface area contributed by atoms with Gasteiger partial charge in [-0.3, -0.25) is 0 Å². The third-order valence-electron chi connectivity index (χ3n) is 5.32. The first kappa shape index (κ1) is 23.6. The van der Waals surface area contributed by atoms with Crippen LogP contribution in [0.15, 0.2) is 72.8 Å². The largest absolute Gasteiger partial charge is 0.457 e. The lowest BCUT2D eigenvalue weighted by Gasteiger charge is -2.22. The van der Waals surface area contributed by atoms with Gasteiger partial charge in [-0.15, -0.1) is 25.3 Å². The van der Waals surface area contributed by atoms with Crippen molar-refractivity contribution in [3.8, 4) is 11.5 Å². The zero-order chi connectivity index (χ0) is 22.8. The molecule has 3 rings (SSSR count). The first-order valence-electron chi connectivity index (χ1n) is 10.6. The highest BCUT2D eigenvalue weighted by atomic mass is 32.1. The molecule has 0 aliphatic carbocycles. The van der Waals surface area contributed by atoms with E-state index in [0.29, 0.717) is 0 Å². The summed E-state index contributed by atoms with van der Waals surface area (Å²) in [5.41, 5.74) is 4.58. The van der Waals surface area contributed by atoms with E-state index in [9.17, 15) is 0 Å². The third kappa shape index (κ3) is 5.78. The molecule has 0 bridgehead atoms. The Hall–Kier alpha value is -2.10. The standard InChI is InChI=1S/C28H32OS2/c1-27(2,3)20-12-15-22(16-13-20)29-24-17-14-21(28(4,5)6)18-23(24)26(31)25(30)19-10-8-7-9-11-19/h7-18,30-31H,1-6H3. The lowest BCUT2D eigenvalue weighted by atomic mass is 9.86. The van der Waals surface area contributed by atoms with E-state index in [1.54, 1.807) is 0 Å². The molecule has 0 aliphatic heterocycles. The molecule has 0 saturated carbocycles. The maximum absolute atomic E-state index is 6.33. The molecule has 3 heteroatoms. The Labute approximate surface area is 198 Å². The first-order valence-corrected chi connectivity index (χ1v) is 11.5. The van der Waals surface area contributed by atoms with Crippen LogP contribution < -0.4 is 4.74 Å². The van der Waals surface area contributed by atoms with Gasteiger partial charge in [-0.25, -0.2) is 0 Å². The Kier molecular flexibility index (Phi) is 6.98. The molecule has 0 spiro atoms. The highest BCUT2D eigenvalue weighted by Gasteiger charge is 2.19. The molecule has 0 unspecified atom stereocenters. The van der Waals surface area contributed by atoms with Gasteiger partial charge in [0.05, 0.1) is 0 Å². The summed E-state index contributed by atoms with van der Waals surface area (Å²) in [6, 6.07) is 24.7. The maximum Gasteiger partial charge on any atom is 0.135 e. The van der Waals surface area contributed by atoms with E-state index >= 15 is 0 Å². The molecule has 0 fully saturated rings. The van der Waals surface area contributed by atoms with Crippen molar-refractivity contribution in [3.63, 3.8) is 0 Å². The molecule has 0 aliphatic rings. The lowest BCUT2D eigenvalue weighted by molar-refractivity contribution is 0.479. The molecule has 1 nitrogen and oxygen atoms in total. The van der Waals surface area contributed by atoms with Crippen LogP contribution in [0.25, 0.3) is 9.81 Å². The minimum atomic E-state index is 0.0131. The van der Waals surface area contributed by atoms with Crippen LogP contribution in [0.5, 0.6) is 11.5 Å². The van der Waals surface area contributed by atoms with Gasteiger partial charge in [0.1, 0.15) is 11.5 Å². The van der Waals surface area contributed by atoms with Gasteiger partial charge in [-0.05, 0) is 51.8 Å². The summed E-state index contributed by atoms with van der Waals surface area (Å²) >= 11 is 9.68. The van der Waals surface area contributed by atoms with Crippen molar-refractivity contribution in [1.29, 1.82) is 0 Å². The predicted molar refractivity (Wildman–Crippen MR) is 142 cm³/mol. The SMILES string of the molecule is CC(C)(C)c1ccc(Oc2ccc(C(C)(C)C)cc2C(S)=C(S)c2ccccc2)cc1. The molecule has 0 radical (unpaired) electrons. The fourth-order valence-electron chi connectivity index (χ4n) is 3.28. The minimum Gasteiger partial charge on any atom is -0.457 e. The molecular formula is C28H32OS2. The number of thiol groups is 2. The van der Waals surface area contributed by atoms with E-state index in [2.05, 4.69) is 65.8 Å². The number of hydrogen-bond acceptors (Lipinski definition) is 3. The van der Waals surface area contributed by atoms with Crippen molar-refractivity contribution in [2.75, 3.05) is 0 Å². The van der Waals surface area contributed by atoms with Gasteiger partial charge in [-0.1, -0.05) is 90.1 Å². The molecule has 3 aromatic rings. The van der Waals surface area contributed by atoms with E-state index < -0.39 is 0 Å². The van der Waals surface area contributed by atoms with E-state index in [-0.39, 0.29) is 10.8 Å². The van der Waals surface area contributed by atoms with Crippen LogP contribution in [0.3, 0.4) is 0 Å². The molecule has 0 heterocycles. The van der Waals surface area contributed by atoms with E-state index in [4.69, 9.17) is 30.0 Å². The average molecular weight is 449 g/mol. The van der Waals surface area contributed by atoms with Gasteiger partial charge in [-0.2, -0.15) is 0 Å². The van der Waals surface area contributed by atoms with Crippen molar-refractivity contribution in [3.05, 3.63) is 95.1 Å². The maximum atomic E-state index is 6.33. The molecule has 31 heavy (non-hydrogen) atoms. The third-order valence-corrected chi connectivity index (χ3v) is 6.44. The smallest absolute Gasteiger partial charge is 0.135 e. The molecule has 162 valence electrons. The molecule has 0 saturated heterocycles. The molecule has 0 N–H and O–H groups in total. The summed E-state index contributed by atoms with van der Waals surface area (Å²) in [6.07, 6.45) is 0. The highest BCUT2D eigenvalue weighted by molar-refractivity contribution is 7.96. The van der Waals surface area contributed by atoms with Crippen molar-refractivity contribution >= 4 is 35.1 Å². The van der Waals surface area contributed by atoms with Gasteiger partial charge in [0, 0.05) is 15.4 Å². The van der Waals surface area contributed by atoms with Crippen LogP contribution in [0.4, 0.5) is 0 Å². The van der Waals surface area contributed by atoms with Crippen LogP contribution in [0.2, 0.25) is 0 Å². The Morgan fingerprint density at radius 1 is 0.645 bits per heavy atom. The van der Waals surface area contributed by atoms with Crippen molar-refractivity contribution in [1.82, 2.24) is 0 Å². The Morgan fingerprint density at radius 3 is 1.74 bits per heavy atom. The highest BCUT2D eigenvalue weighted by Crippen LogP contribution is 2.40. The van der Waals surface area contributed by atoms with Crippen molar-refractivity contribution in [2.24, 2.45) is 0 Å². The number of hydrogen-bond donors (Lipinski definition) is 2. The van der Waals surface area contributed by atoms with Crippen molar-refractivity contribution in [2.45, 2.75) is 52.4 Å². The molecule has 0 atom stereocenters. The summed E-state index contributed by atoms with van der Waals surface area (Å²) in [5.74, 6) is 1.57. The van der Waals surface area contributed by atoms with Gasteiger partial charge in [0.2, 0.25) is 0 Å². The molecule has 3 aromatic carbocycles. The van der Waals surface area contributed by atoms with Gasteiger partial charge in [0.25, 0.3) is 0 Å². The minimum absolute atomic E-state index is 0.0131. The van der Waals surface area contributed by atoms with Crippen LogP contribution in [0, 0.1) is 0 Å². The second kappa shape index (κ2) is 9.18. The summed E-state index contributed by atoms with van der Waals surface area (Å²) < 4.78 is 6.33. The Balaban J connectivity index is 2.06. The fourth-order valence-corrected chi connectivity index (χ4v) is 3.85. The van der Waals surface area contributed by atoms with Crippen molar-refractivity contribution < 1.29 is 4.74 Å². The molecule has 0 amide bonds. The number of ether oxygens (including phenoxy) is 1. The van der Waals surface area contributed by atoms with Gasteiger partial charge in [0.15, 0.2) is 0 Å². The fraction of sp³-hybridized carbons (Fsp3) is 0.286. The van der Waals surface area contributed by atoms with E-state index in [1.165, 1.54) is 11.1 Å². The van der Waals surface area contributed by atoms with Gasteiger partial charge >= 0.3 is 0 Å². The average Bonchev–Trinajstić information content (AvgIpc) is 2.72. The second-order valence-electron chi connectivity index (χ2n) is 9.90. The summed E-state index contributed by atoms with van der Waals surface area (Å²) in [5, 5.41) is 0. The Morgan fingerprint density at radius 2 is 1.19 bits per heavy atom. The predicted octanol–water partition coefficient (Wildman–Crippen LogP) is 8.76. The Bertz CT molecular complexity index is 1070. The lowest BCUT2D eigenvalue weighted by Crippen LogP contribution is -2.11. The van der Waals surface area contributed by atoms with Gasteiger partial charge < -0.3 is 4.74 Å². The van der Waals surface area contributed by atoms with E-state index in [0.717, 1.165) is 32.4 Å². The zero-order valence-electron chi connectivity index (χ0n) is 19.2. The zero-order valence-corrected chi connectivity index (χ0v) is 21.0. The number of benzene rings is 3. The summed E-state index contributed by atoms with van der Waals surface area (Å²) in [7, 11) is 0. The quantitative estimate of drug-likeness (QED) is 0.299. The molecular weight excluding hydrogens is 416 g/mol. The van der Waals surface area contributed by atoms with Crippen LogP contribution >= 0.6 is 25.3 Å². The molecule has 0 aromatic heterocycles. The first-order chi connectivity index (χ1) is 14.5. The summed E-state index contributed by atoms with van der Waals surface area (Å²) in [4.78, 5) is 1.62. The van der Waals surface area contributed by atoms with Crippen LogP contribution in [-0.4, -0.2) is 0 Å². The van der Waals surface area contributed by atoms with Crippen LogP contribution in [0.1, 0.15) is 63.8 Å². The normalized spacial score (nSPS) is 13.0. The van der Waals surface area contributed by atoms with E-state index in [1.807, 2.05) is 48.5 Å². The monoisotopic (exact) mass is 448 g/mol.